The first kappa shape index (κ1) is 17.2. The Bertz CT molecular complexity index is 494. The number of hydrogen-bond donors (Lipinski definition) is 2. The van der Waals surface area contributed by atoms with Gasteiger partial charge in [0, 0.05) is 18.7 Å². The molecular weight excluding hydrogens is 270 g/mol. The standard InChI is InChI=1S/C15H25N3O3/c1-10(2)5-13(7-15(20)21)8-16-14(19)9-18-12(4)6-11(3)17-18/h6,10,13H,5,7-9H2,1-4H3,(H,16,19)(H,20,21). The lowest BCUT2D eigenvalue weighted by atomic mass is 9.94. The highest BCUT2D eigenvalue weighted by molar-refractivity contribution is 5.75. The Morgan fingerprint density at radius 2 is 2.05 bits per heavy atom. The second-order valence-electron chi connectivity index (χ2n) is 5.98. The van der Waals surface area contributed by atoms with Crippen molar-refractivity contribution in [1.82, 2.24) is 15.1 Å². The molecule has 0 aromatic carbocycles. The molecule has 0 bridgehead atoms. The normalized spacial score (nSPS) is 12.4. The summed E-state index contributed by atoms with van der Waals surface area (Å²) in [7, 11) is 0. The van der Waals surface area contributed by atoms with Gasteiger partial charge in [-0.1, -0.05) is 13.8 Å². The van der Waals surface area contributed by atoms with Crippen molar-refractivity contribution in [2.75, 3.05) is 6.54 Å². The first-order valence-electron chi connectivity index (χ1n) is 7.27. The molecule has 1 atom stereocenters. The molecule has 0 aliphatic carbocycles. The second-order valence-corrected chi connectivity index (χ2v) is 5.98. The Balaban J connectivity index is 2.49. The van der Waals surface area contributed by atoms with E-state index in [9.17, 15) is 9.59 Å². The van der Waals surface area contributed by atoms with Crippen molar-refractivity contribution in [3.05, 3.63) is 17.5 Å². The van der Waals surface area contributed by atoms with E-state index in [2.05, 4.69) is 10.4 Å². The highest BCUT2D eigenvalue weighted by Crippen LogP contribution is 2.14. The van der Waals surface area contributed by atoms with Gasteiger partial charge in [-0.15, -0.1) is 0 Å². The maximum atomic E-state index is 11.9. The van der Waals surface area contributed by atoms with E-state index in [-0.39, 0.29) is 24.8 Å². The van der Waals surface area contributed by atoms with E-state index in [1.54, 1.807) is 4.68 Å². The minimum atomic E-state index is -0.826. The van der Waals surface area contributed by atoms with Crippen LogP contribution >= 0.6 is 0 Å². The summed E-state index contributed by atoms with van der Waals surface area (Å²) in [5, 5.41) is 16.0. The molecule has 0 radical (unpaired) electrons. The summed E-state index contributed by atoms with van der Waals surface area (Å²) in [6, 6.07) is 1.92. The summed E-state index contributed by atoms with van der Waals surface area (Å²) < 4.78 is 1.65. The number of carboxylic acid groups (broad SMARTS) is 1. The summed E-state index contributed by atoms with van der Waals surface area (Å²) >= 11 is 0. The molecule has 21 heavy (non-hydrogen) atoms. The number of hydrogen-bond acceptors (Lipinski definition) is 3. The van der Waals surface area contributed by atoms with Crippen LogP contribution in [0.4, 0.5) is 0 Å². The molecule has 0 spiro atoms. The lowest BCUT2D eigenvalue weighted by Crippen LogP contribution is -2.33. The molecule has 0 saturated carbocycles. The van der Waals surface area contributed by atoms with Crippen LogP contribution in [0, 0.1) is 25.7 Å². The Morgan fingerprint density at radius 3 is 2.52 bits per heavy atom. The van der Waals surface area contributed by atoms with Crippen molar-refractivity contribution in [1.29, 1.82) is 0 Å². The molecule has 1 rings (SSSR count). The molecule has 0 aliphatic rings. The summed E-state index contributed by atoms with van der Waals surface area (Å²) in [4.78, 5) is 22.8. The molecule has 1 aromatic heterocycles. The minimum absolute atomic E-state index is 0.0353. The summed E-state index contributed by atoms with van der Waals surface area (Å²) in [6.07, 6.45) is 0.866. The monoisotopic (exact) mass is 295 g/mol. The van der Waals surface area contributed by atoms with Crippen LogP contribution in [-0.2, 0) is 16.1 Å². The second kappa shape index (κ2) is 7.81. The molecule has 1 amide bonds. The first-order valence-corrected chi connectivity index (χ1v) is 7.27. The molecule has 2 N–H and O–H groups in total. The zero-order valence-corrected chi connectivity index (χ0v) is 13.2. The van der Waals surface area contributed by atoms with Gasteiger partial charge in [0.15, 0.2) is 0 Å². The molecule has 1 heterocycles. The number of aliphatic carboxylic acids is 1. The van der Waals surface area contributed by atoms with Gasteiger partial charge in [0.1, 0.15) is 6.54 Å². The fourth-order valence-electron chi connectivity index (χ4n) is 2.44. The zero-order chi connectivity index (χ0) is 16.0. The van der Waals surface area contributed by atoms with Gasteiger partial charge in [0.25, 0.3) is 0 Å². The molecule has 1 unspecified atom stereocenters. The number of aromatic nitrogens is 2. The number of rotatable bonds is 8. The van der Waals surface area contributed by atoms with Crippen LogP contribution in [0.25, 0.3) is 0 Å². The summed E-state index contributed by atoms with van der Waals surface area (Å²) in [6.45, 7) is 8.44. The number of aryl methyl sites for hydroxylation is 2. The fourth-order valence-corrected chi connectivity index (χ4v) is 2.44. The molecule has 0 saturated heterocycles. The van der Waals surface area contributed by atoms with Crippen molar-refractivity contribution < 1.29 is 14.7 Å². The number of nitrogens with one attached hydrogen (secondary N) is 1. The van der Waals surface area contributed by atoms with E-state index >= 15 is 0 Å². The van der Waals surface area contributed by atoms with E-state index in [0.717, 1.165) is 17.8 Å². The largest absolute Gasteiger partial charge is 0.481 e. The molecule has 6 heteroatoms. The van der Waals surface area contributed by atoms with Crippen LogP contribution in [0.5, 0.6) is 0 Å². The third-order valence-corrected chi connectivity index (χ3v) is 3.25. The van der Waals surface area contributed by atoms with Gasteiger partial charge in [-0.05, 0) is 38.2 Å². The third kappa shape index (κ3) is 6.42. The molecule has 6 nitrogen and oxygen atoms in total. The van der Waals surface area contributed by atoms with Crippen LogP contribution in [-0.4, -0.2) is 33.3 Å². The predicted molar refractivity (Wildman–Crippen MR) is 79.9 cm³/mol. The maximum absolute atomic E-state index is 11.9. The Kier molecular flexibility index (Phi) is 6.39. The molecule has 0 fully saturated rings. The molecule has 1 aromatic rings. The van der Waals surface area contributed by atoms with Crippen LogP contribution in [0.15, 0.2) is 6.07 Å². The average molecular weight is 295 g/mol. The quantitative estimate of drug-likeness (QED) is 0.765. The van der Waals surface area contributed by atoms with E-state index < -0.39 is 5.97 Å². The minimum Gasteiger partial charge on any atom is -0.481 e. The van der Waals surface area contributed by atoms with E-state index in [1.807, 2.05) is 33.8 Å². The number of nitrogens with zero attached hydrogens (tertiary/aromatic N) is 2. The SMILES string of the molecule is Cc1cc(C)n(CC(=O)NCC(CC(=O)O)CC(C)C)n1. The number of carbonyl (C=O) groups excluding carboxylic acids is 1. The average Bonchev–Trinajstić information content (AvgIpc) is 2.63. The van der Waals surface area contributed by atoms with Gasteiger partial charge < -0.3 is 10.4 Å². The highest BCUT2D eigenvalue weighted by Gasteiger charge is 2.16. The Hall–Kier alpha value is -1.85. The summed E-state index contributed by atoms with van der Waals surface area (Å²) in [5.74, 6) is -0.594. The van der Waals surface area contributed by atoms with Crippen molar-refractivity contribution in [2.45, 2.75) is 47.1 Å². The van der Waals surface area contributed by atoms with Crippen molar-refractivity contribution in [2.24, 2.45) is 11.8 Å². The maximum Gasteiger partial charge on any atom is 0.303 e. The van der Waals surface area contributed by atoms with Gasteiger partial charge in [-0.25, -0.2) is 0 Å². The molecule has 0 aliphatic heterocycles. The van der Waals surface area contributed by atoms with Crippen molar-refractivity contribution in [3.8, 4) is 0 Å². The molecule has 118 valence electrons. The predicted octanol–water partition coefficient (Wildman–Crippen LogP) is 1.75. The van der Waals surface area contributed by atoms with E-state index in [0.29, 0.717) is 12.5 Å². The number of carboxylic acids is 1. The topological polar surface area (TPSA) is 84.2 Å². The van der Waals surface area contributed by atoms with Crippen LogP contribution < -0.4 is 5.32 Å². The van der Waals surface area contributed by atoms with Crippen molar-refractivity contribution >= 4 is 11.9 Å². The lowest BCUT2D eigenvalue weighted by Gasteiger charge is -2.18. The van der Waals surface area contributed by atoms with Gasteiger partial charge in [0.05, 0.1) is 5.69 Å². The highest BCUT2D eigenvalue weighted by atomic mass is 16.4. The fraction of sp³-hybridized carbons (Fsp3) is 0.667. The van der Waals surface area contributed by atoms with Gasteiger partial charge in [-0.2, -0.15) is 5.10 Å². The van der Waals surface area contributed by atoms with Gasteiger partial charge in [0.2, 0.25) is 5.91 Å². The smallest absolute Gasteiger partial charge is 0.303 e. The number of carbonyl (C=O) groups is 2. The van der Waals surface area contributed by atoms with Crippen LogP contribution in [0.3, 0.4) is 0 Å². The Morgan fingerprint density at radius 1 is 1.38 bits per heavy atom. The van der Waals surface area contributed by atoms with Crippen molar-refractivity contribution in [3.63, 3.8) is 0 Å². The number of amides is 1. The van der Waals surface area contributed by atoms with Crippen LogP contribution in [0.2, 0.25) is 0 Å². The zero-order valence-electron chi connectivity index (χ0n) is 13.2. The third-order valence-electron chi connectivity index (χ3n) is 3.25. The summed E-state index contributed by atoms with van der Waals surface area (Å²) in [5.41, 5.74) is 1.82. The molecular formula is C15H25N3O3. The van der Waals surface area contributed by atoms with Gasteiger partial charge >= 0.3 is 5.97 Å². The first-order chi connectivity index (χ1) is 9.77. The van der Waals surface area contributed by atoms with E-state index in [4.69, 9.17) is 5.11 Å². The van der Waals surface area contributed by atoms with Crippen LogP contribution in [0.1, 0.15) is 38.1 Å². The lowest BCUT2D eigenvalue weighted by molar-refractivity contribution is -0.138. The van der Waals surface area contributed by atoms with Gasteiger partial charge in [-0.3, -0.25) is 14.3 Å². The Labute approximate surface area is 125 Å². The van der Waals surface area contributed by atoms with E-state index in [1.165, 1.54) is 0 Å².